The average Bonchev–Trinajstić information content (AvgIpc) is 2.69. The minimum absolute atomic E-state index is 0.281. The van der Waals surface area contributed by atoms with E-state index in [1.54, 1.807) is 18.2 Å². The van der Waals surface area contributed by atoms with E-state index >= 15 is 0 Å². The van der Waals surface area contributed by atoms with Gasteiger partial charge in [0.25, 0.3) is 0 Å². The van der Waals surface area contributed by atoms with Gasteiger partial charge in [-0.25, -0.2) is 8.42 Å². The van der Waals surface area contributed by atoms with Gasteiger partial charge in [0, 0.05) is 6.54 Å². The number of amides is 1. The van der Waals surface area contributed by atoms with E-state index in [2.05, 4.69) is 5.32 Å². The third-order valence-corrected chi connectivity index (χ3v) is 5.94. The lowest BCUT2D eigenvalue weighted by atomic mass is 10.1. The Morgan fingerprint density at radius 2 is 1.83 bits per heavy atom. The van der Waals surface area contributed by atoms with Crippen LogP contribution in [0.4, 0.5) is 5.69 Å². The number of aryl methyl sites for hydroxylation is 2. The number of benzene rings is 2. The molecule has 0 spiro atoms. The molecule has 0 bridgehead atoms. The van der Waals surface area contributed by atoms with Crippen LogP contribution >= 0.6 is 0 Å². The fraction of sp³-hybridized carbons (Fsp3) is 0.435. The molecule has 7 heteroatoms. The summed E-state index contributed by atoms with van der Waals surface area (Å²) in [6.07, 6.45) is 3.10. The first kappa shape index (κ1) is 23.7. The highest BCUT2D eigenvalue weighted by Gasteiger charge is 2.31. The maximum atomic E-state index is 12.8. The largest absolute Gasteiger partial charge is 0.494 e. The molecular weight excluding hydrogens is 400 g/mol. The fourth-order valence-corrected chi connectivity index (χ4v) is 4.57. The van der Waals surface area contributed by atoms with E-state index in [4.69, 9.17) is 4.74 Å². The third-order valence-electron chi connectivity index (χ3n) is 4.76. The van der Waals surface area contributed by atoms with Crippen LogP contribution in [0.15, 0.2) is 48.5 Å². The van der Waals surface area contributed by atoms with E-state index in [0.29, 0.717) is 25.3 Å². The highest BCUT2D eigenvalue weighted by molar-refractivity contribution is 7.92. The highest BCUT2D eigenvalue weighted by atomic mass is 32.2. The van der Waals surface area contributed by atoms with Crippen molar-refractivity contribution in [2.75, 3.05) is 23.7 Å². The predicted octanol–water partition coefficient (Wildman–Crippen LogP) is 3.69. The highest BCUT2D eigenvalue weighted by Crippen LogP contribution is 2.23. The summed E-state index contributed by atoms with van der Waals surface area (Å²) in [5.74, 6) is 0.563. The zero-order chi connectivity index (χ0) is 22.1. The van der Waals surface area contributed by atoms with Gasteiger partial charge in [-0.05, 0) is 68.5 Å². The number of carbonyl (C=O) groups is 1. The van der Waals surface area contributed by atoms with Gasteiger partial charge in [-0.15, -0.1) is 0 Å². The van der Waals surface area contributed by atoms with Gasteiger partial charge in [0.15, 0.2) is 0 Å². The molecule has 0 aromatic heterocycles. The topological polar surface area (TPSA) is 75.7 Å². The molecule has 2 aromatic rings. The number of ether oxygens (including phenoxy) is 1. The van der Waals surface area contributed by atoms with Crippen LogP contribution in [0.1, 0.15) is 37.8 Å². The number of nitrogens with one attached hydrogen (secondary N) is 1. The van der Waals surface area contributed by atoms with Crippen molar-refractivity contribution in [3.05, 3.63) is 59.7 Å². The molecule has 2 aromatic carbocycles. The molecule has 0 saturated carbocycles. The number of carbonyl (C=O) groups excluding carboxylic acids is 1. The van der Waals surface area contributed by atoms with E-state index < -0.39 is 16.1 Å². The van der Waals surface area contributed by atoms with Crippen molar-refractivity contribution in [3.63, 3.8) is 0 Å². The smallest absolute Gasteiger partial charge is 0.243 e. The molecule has 6 nitrogen and oxygen atoms in total. The van der Waals surface area contributed by atoms with Crippen LogP contribution in [0, 0.1) is 6.92 Å². The van der Waals surface area contributed by atoms with Crippen LogP contribution in [-0.2, 0) is 21.2 Å². The second kappa shape index (κ2) is 11.0. The van der Waals surface area contributed by atoms with E-state index in [1.165, 1.54) is 4.31 Å². The van der Waals surface area contributed by atoms with Crippen molar-refractivity contribution in [1.82, 2.24) is 5.32 Å². The predicted molar refractivity (Wildman–Crippen MR) is 122 cm³/mol. The lowest BCUT2D eigenvalue weighted by molar-refractivity contribution is -0.122. The monoisotopic (exact) mass is 432 g/mol. The Kier molecular flexibility index (Phi) is 8.72. The van der Waals surface area contributed by atoms with Gasteiger partial charge >= 0.3 is 0 Å². The molecule has 0 heterocycles. The minimum atomic E-state index is -3.61. The van der Waals surface area contributed by atoms with E-state index in [1.807, 2.05) is 51.1 Å². The van der Waals surface area contributed by atoms with E-state index in [9.17, 15) is 13.2 Å². The number of anilines is 1. The molecule has 0 unspecified atom stereocenters. The lowest BCUT2D eigenvalue weighted by Crippen LogP contribution is -2.49. The second-order valence-electron chi connectivity index (χ2n) is 7.29. The molecule has 0 aliphatic rings. The van der Waals surface area contributed by atoms with Crippen molar-refractivity contribution in [3.8, 4) is 5.75 Å². The van der Waals surface area contributed by atoms with Gasteiger partial charge < -0.3 is 10.1 Å². The molecule has 1 amide bonds. The summed E-state index contributed by atoms with van der Waals surface area (Å²) in [7, 11) is -3.61. The van der Waals surface area contributed by atoms with Crippen LogP contribution in [0.25, 0.3) is 0 Å². The first-order chi connectivity index (χ1) is 14.3. The molecular formula is C23H32N2O4S. The summed E-state index contributed by atoms with van der Waals surface area (Å²) < 4.78 is 31.6. The van der Waals surface area contributed by atoms with Crippen LogP contribution in [0.3, 0.4) is 0 Å². The Balaban J connectivity index is 1.98. The zero-order valence-corrected chi connectivity index (χ0v) is 19.0. The summed E-state index contributed by atoms with van der Waals surface area (Å²) >= 11 is 0. The summed E-state index contributed by atoms with van der Waals surface area (Å²) in [5, 5.41) is 2.90. The number of sulfonamides is 1. The van der Waals surface area contributed by atoms with Gasteiger partial charge in [-0.1, -0.05) is 31.2 Å². The molecule has 30 heavy (non-hydrogen) atoms. The number of rotatable bonds is 11. The maximum Gasteiger partial charge on any atom is 0.243 e. The molecule has 1 N–H and O–H groups in total. The Morgan fingerprint density at radius 3 is 2.40 bits per heavy atom. The van der Waals surface area contributed by atoms with Crippen molar-refractivity contribution < 1.29 is 17.9 Å². The third kappa shape index (κ3) is 6.76. The summed E-state index contributed by atoms with van der Waals surface area (Å²) in [4.78, 5) is 12.8. The van der Waals surface area contributed by atoms with Gasteiger partial charge in [0.1, 0.15) is 11.8 Å². The quantitative estimate of drug-likeness (QED) is 0.550. The second-order valence-corrected chi connectivity index (χ2v) is 9.15. The van der Waals surface area contributed by atoms with Crippen LogP contribution in [0.2, 0.25) is 0 Å². The van der Waals surface area contributed by atoms with Gasteiger partial charge in [0.2, 0.25) is 15.9 Å². The first-order valence-electron chi connectivity index (χ1n) is 10.3. The fourth-order valence-electron chi connectivity index (χ4n) is 3.37. The minimum Gasteiger partial charge on any atom is -0.494 e. The first-order valence-corrected chi connectivity index (χ1v) is 12.2. The van der Waals surface area contributed by atoms with Crippen molar-refractivity contribution in [2.24, 2.45) is 0 Å². The maximum absolute atomic E-state index is 12.8. The summed E-state index contributed by atoms with van der Waals surface area (Å²) in [6.45, 7) is 6.78. The van der Waals surface area contributed by atoms with Crippen LogP contribution < -0.4 is 14.4 Å². The van der Waals surface area contributed by atoms with Gasteiger partial charge in [-0.3, -0.25) is 9.10 Å². The zero-order valence-electron chi connectivity index (χ0n) is 18.2. The molecule has 0 saturated heterocycles. The number of hydrogen-bond donors (Lipinski definition) is 1. The molecule has 164 valence electrons. The lowest BCUT2D eigenvalue weighted by Gasteiger charge is -2.30. The molecule has 1 atom stereocenters. The molecule has 0 aliphatic heterocycles. The van der Waals surface area contributed by atoms with Crippen molar-refractivity contribution in [2.45, 2.75) is 46.1 Å². The van der Waals surface area contributed by atoms with Crippen molar-refractivity contribution in [1.29, 1.82) is 0 Å². The molecule has 0 radical (unpaired) electrons. The van der Waals surface area contributed by atoms with Gasteiger partial charge in [0.05, 0.1) is 18.6 Å². The van der Waals surface area contributed by atoms with Crippen LogP contribution in [-0.4, -0.2) is 39.8 Å². The van der Waals surface area contributed by atoms with E-state index in [-0.39, 0.29) is 5.91 Å². The summed E-state index contributed by atoms with van der Waals surface area (Å²) in [6, 6.07) is 14.3. The van der Waals surface area contributed by atoms with Gasteiger partial charge in [-0.2, -0.15) is 0 Å². The SMILES string of the molecule is CCOc1ccc(CCCNC(=O)[C@@H](CC)N(c2cccc(C)c2)S(C)(=O)=O)cc1. The van der Waals surface area contributed by atoms with E-state index in [0.717, 1.165) is 36.0 Å². The van der Waals surface area contributed by atoms with Crippen LogP contribution in [0.5, 0.6) is 5.75 Å². The Bertz CT molecular complexity index is 926. The Morgan fingerprint density at radius 1 is 1.13 bits per heavy atom. The molecule has 0 aliphatic carbocycles. The normalized spacial score (nSPS) is 12.3. The molecule has 2 rings (SSSR count). The standard InChI is InChI=1S/C23H32N2O4S/c1-5-22(25(30(4,27)28)20-11-7-9-18(3)17-20)23(26)24-16-8-10-19-12-14-21(15-13-19)29-6-2/h7,9,11-15,17,22H,5-6,8,10,16H2,1-4H3,(H,24,26)/t22-/m1/s1. The Hall–Kier alpha value is -2.54. The van der Waals surface area contributed by atoms with Crippen molar-refractivity contribution >= 4 is 21.6 Å². The number of hydrogen-bond acceptors (Lipinski definition) is 4. The molecule has 0 fully saturated rings. The number of nitrogens with zero attached hydrogens (tertiary/aromatic N) is 1. The Labute approximate surface area is 180 Å². The average molecular weight is 433 g/mol. The summed E-state index contributed by atoms with van der Waals surface area (Å²) in [5.41, 5.74) is 2.61.